The Morgan fingerprint density at radius 2 is 2.29 bits per heavy atom. The molecule has 5 nitrogen and oxygen atoms in total. The van der Waals surface area contributed by atoms with Crippen LogP contribution in [0.5, 0.6) is 0 Å². The first-order valence-corrected chi connectivity index (χ1v) is 3.97. The molecule has 1 heterocycles. The highest BCUT2D eigenvalue weighted by molar-refractivity contribution is 5.88. The molecular weight excluding hydrogens is 182 g/mol. The summed E-state index contributed by atoms with van der Waals surface area (Å²) in [6.07, 6.45) is 1.45. The number of benzene rings is 1. The number of carboxylic acids is 1. The number of aromatic carboxylic acids is 1. The van der Waals surface area contributed by atoms with Gasteiger partial charge in [-0.2, -0.15) is 0 Å². The average molecular weight is 189 g/mol. The highest BCUT2D eigenvalue weighted by Crippen LogP contribution is 2.14. The molecule has 0 aliphatic rings. The van der Waals surface area contributed by atoms with Crippen molar-refractivity contribution in [1.29, 1.82) is 0 Å². The highest BCUT2D eigenvalue weighted by Gasteiger charge is 2.05. The smallest absolute Gasteiger partial charge is 0.335 e. The lowest BCUT2D eigenvalue weighted by atomic mass is 10.1. The molecule has 0 fully saturated rings. The number of H-pyrrole nitrogens is 1. The first kappa shape index (κ1) is 8.43. The van der Waals surface area contributed by atoms with E-state index >= 15 is 0 Å². The maximum atomic E-state index is 10.7. The van der Waals surface area contributed by atoms with Gasteiger partial charge in [-0.05, 0) is 12.1 Å². The monoisotopic (exact) mass is 189 g/mol. The summed E-state index contributed by atoms with van der Waals surface area (Å²) in [5, 5.41) is 16.2. The highest BCUT2D eigenvalue weighted by atomic mass is 16.4. The second kappa shape index (κ2) is 3.29. The fourth-order valence-electron chi connectivity index (χ4n) is 1.15. The van der Waals surface area contributed by atoms with Crippen molar-refractivity contribution in [2.45, 2.75) is 0 Å². The van der Waals surface area contributed by atoms with Crippen LogP contribution in [-0.2, 0) is 0 Å². The van der Waals surface area contributed by atoms with E-state index in [0.29, 0.717) is 11.4 Å². The molecule has 2 aromatic rings. The zero-order valence-electron chi connectivity index (χ0n) is 7.14. The summed E-state index contributed by atoms with van der Waals surface area (Å²) in [7, 11) is 0. The Hall–Kier alpha value is -2.17. The van der Waals surface area contributed by atoms with Gasteiger partial charge >= 0.3 is 5.97 Å². The number of nitrogens with one attached hydrogen (secondary N) is 1. The van der Waals surface area contributed by atoms with Crippen molar-refractivity contribution in [2.75, 3.05) is 0 Å². The average Bonchev–Trinajstić information content (AvgIpc) is 2.71. The number of aromatic nitrogens is 3. The van der Waals surface area contributed by atoms with Crippen molar-refractivity contribution in [1.82, 2.24) is 15.2 Å². The van der Waals surface area contributed by atoms with Crippen LogP contribution in [0, 0.1) is 0 Å². The first-order valence-electron chi connectivity index (χ1n) is 3.97. The van der Waals surface area contributed by atoms with E-state index in [1.807, 2.05) is 0 Å². The summed E-state index contributed by atoms with van der Waals surface area (Å²) < 4.78 is 0. The van der Waals surface area contributed by atoms with E-state index in [4.69, 9.17) is 5.11 Å². The maximum Gasteiger partial charge on any atom is 0.335 e. The Kier molecular flexibility index (Phi) is 1.98. The first-order chi connectivity index (χ1) is 6.77. The van der Waals surface area contributed by atoms with E-state index < -0.39 is 5.97 Å². The summed E-state index contributed by atoms with van der Waals surface area (Å²) in [6.45, 7) is 0. The van der Waals surface area contributed by atoms with Crippen LogP contribution < -0.4 is 0 Å². The normalized spacial score (nSPS) is 10.0. The number of nitrogens with zero attached hydrogens (tertiary/aromatic N) is 2. The van der Waals surface area contributed by atoms with Gasteiger partial charge in [-0.15, -0.1) is 10.2 Å². The van der Waals surface area contributed by atoms with Gasteiger partial charge in [0.25, 0.3) is 0 Å². The molecule has 5 heteroatoms. The van der Waals surface area contributed by atoms with Gasteiger partial charge < -0.3 is 10.1 Å². The third kappa shape index (κ3) is 1.47. The van der Waals surface area contributed by atoms with Gasteiger partial charge in [0.15, 0.2) is 5.82 Å². The Balaban J connectivity index is 2.46. The van der Waals surface area contributed by atoms with Crippen LogP contribution in [0.15, 0.2) is 30.6 Å². The topological polar surface area (TPSA) is 78.9 Å². The van der Waals surface area contributed by atoms with Crippen LogP contribution >= 0.6 is 0 Å². The van der Waals surface area contributed by atoms with E-state index in [1.165, 1.54) is 12.4 Å². The minimum absolute atomic E-state index is 0.235. The number of rotatable bonds is 2. The molecule has 0 saturated heterocycles. The lowest BCUT2D eigenvalue weighted by Crippen LogP contribution is -1.96. The molecule has 0 radical (unpaired) electrons. The maximum absolute atomic E-state index is 10.7. The fraction of sp³-hybridized carbons (Fsp3) is 0. The molecule has 0 amide bonds. The van der Waals surface area contributed by atoms with Gasteiger partial charge in [0.1, 0.15) is 6.33 Å². The third-order valence-corrected chi connectivity index (χ3v) is 1.80. The molecule has 70 valence electrons. The van der Waals surface area contributed by atoms with Crippen molar-refractivity contribution in [3.05, 3.63) is 36.2 Å². The minimum Gasteiger partial charge on any atom is -0.478 e. The van der Waals surface area contributed by atoms with E-state index in [2.05, 4.69) is 15.2 Å². The molecule has 0 spiro atoms. The summed E-state index contributed by atoms with van der Waals surface area (Å²) in [6, 6.07) is 6.51. The predicted molar refractivity (Wildman–Crippen MR) is 48.8 cm³/mol. The van der Waals surface area contributed by atoms with E-state index in [0.717, 1.165) is 0 Å². The molecular formula is C9H7N3O2. The zero-order valence-corrected chi connectivity index (χ0v) is 7.14. The summed E-state index contributed by atoms with van der Waals surface area (Å²) in [4.78, 5) is 13.5. The van der Waals surface area contributed by atoms with Gasteiger partial charge in [0.2, 0.25) is 0 Å². The van der Waals surface area contributed by atoms with Crippen LogP contribution in [0.4, 0.5) is 0 Å². The summed E-state index contributed by atoms with van der Waals surface area (Å²) in [5.41, 5.74) is 0.946. The van der Waals surface area contributed by atoms with Crippen LogP contribution in [-0.4, -0.2) is 26.3 Å². The van der Waals surface area contributed by atoms with Crippen LogP contribution in [0.3, 0.4) is 0 Å². The van der Waals surface area contributed by atoms with Gasteiger partial charge in [0.05, 0.1) is 5.56 Å². The number of hydrogen-bond donors (Lipinski definition) is 2. The third-order valence-electron chi connectivity index (χ3n) is 1.80. The number of carbonyl (C=O) groups is 1. The molecule has 1 aromatic carbocycles. The second-order valence-electron chi connectivity index (χ2n) is 2.72. The van der Waals surface area contributed by atoms with Gasteiger partial charge in [-0.25, -0.2) is 4.79 Å². The molecule has 0 aliphatic heterocycles. The SMILES string of the molecule is O=C(O)c1cccc(-c2nnc[nH]2)c1. The molecule has 1 aromatic heterocycles. The number of carboxylic acid groups (broad SMARTS) is 1. The van der Waals surface area contributed by atoms with Gasteiger partial charge in [-0.3, -0.25) is 0 Å². The Labute approximate surface area is 79.4 Å². The molecule has 0 saturated carbocycles. The van der Waals surface area contributed by atoms with Crippen LogP contribution in [0.25, 0.3) is 11.4 Å². The molecule has 2 rings (SSSR count). The van der Waals surface area contributed by atoms with Gasteiger partial charge in [0, 0.05) is 5.56 Å². The van der Waals surface area contributed by atoms with E-state index in [9.17, 15) is 4.79 Å². The number of hydrogen-bond acceptors (Lipinski definition) is 3. The lowest BCUT2D eigenvalue weighted by Gasteiger charge is -1.97. The standard InChI is InChI=1S/C9H7N3O2/c13-9(14)7-3-1-2-6(4-7)8-10-5-11-12-8/h1-5H,(H,13,14)(H,10,11,12). The second-order valence-corrected chi connectivity index (χ2v) is 2.72. The Bertz CT molecular complexity index is 451. The van der Waals surface area contributed by atoms with Crippen molar-refractivity contribution >= 4 is 5.97 Å². The van der Waals surface area contributed by atoms with E-state index in [1.54, 1.807) is 18.2 Å². The van der Waals surface area contributed by atoms with Crippen LogP contribution in [0.1, 0.15) is 10.4 Å². The van der Waals surface area contributed by atoms with Crippen molar-refractivity contribution in [3.63, 3.8) is 0 Å². The molecule has 0 bridgehead atoms. The Morgan fingerprint density at radius 3 is 2.93 bits per heavy atom. The van der Waals surface area contributed by atoms with Crippen molar-refractivity contribution in [2.24, 2.45) is 0 Å². The van der Waals surface area contributed by atoms with E-state index in [-0.39, 0.29) is 5.56 Å². The number of aromatic amines is 1. The molecule has 0 unspecified atom stereocenters. The lowest BCUT2D eigenvalue weighted by molar-refractivity contribution is 0.0697. The largest absolute Gasteiger partial charge is 0.478 e. The summed E-state index contributed by atoms with van der Waals surface area (Å²) in [5.74, 6) is -0.389. The minimum atomic E-state index is -0.952. The molecule has 14 heavy (non-hydrogen) atoms. The zero-order chi connectivity index (χ0) is 9.97. The Morgan fingerprint density at radius 1 is 1.43 bits per heavy atom. The molecule has 0 atom stereocenters. The predicted octanol–water partition coefficient (Wildman–Crippen LogP) is 1.17. The quantitative estimate of drug-likeness (QED) is 0.743. The van der Waals surface area contributed by atoms with Crippen molar-refractivity contribution in [3.8, 4) is 11.4 Å². The van der Waals surface area contributed by atoms with Crippen LogP contribution in [0.2, 0.25) is 0 Å². The molecule has 0 aliphatic carbocycles. The molecule has 2 N–H and O–H groups in total. The fourth-order valence-corrected chi connectivity index (χ4v) is 1.15. The van der Waals surface area contributed by atoms with Crippen molar-refractivity contribution < 1.29 is 9.90 Å². The van der Waals surface area contributed by atoms with Gasteiger partial charge in [-0.1, -0.05) is 12.1 Å². The summed E-state index contributed by atoms with van der Waals surface area (Å²) >= 11 is 0.